The van der Waals surface area contributed by atoms with Crippen LogP contribution < -0.4 is 5.32 Å². The number of hydrogen-bond donors (Lipinski definition) is 1. The van der Waals surface area contributed by atoms with Crippen LogP contribution in [0.4, 0.5) is 4.39 Å². The molecule has 0 atom stereocenters. The molecule has 7 heteroatoms. The molecule has 6 nitrogen and oxygen atoms in total. The van der Waals surface area contributed by atoms with Gasteiger partial charge in [-0.05, 0) is 43.4 Å². The van der Waals surface area contributed by atoms with Gasteiger partial charge in [0.25, 0.3) is 5.91 Å². The summed E-state index contributed by atoms with van der Waals surface area (Å²) in [5.74, 6) is 0.194. The Bertz CT molecular complexity index is 868. The number of halogens is 1. The van der Waals surface area contributed by atoms with Crippen LogP contribution >= 0.6 is 0 Å². The molecule has 1 N–H and O–H groups in total. The normalized spacial score (nSPS) is 17.4. The Kier molecular flexibility index (Phi) is 6.45. The van der Waals surface area contributed by atoms with Gasteiger partial charge in [0.05, 0.1) is 6.54 Å². The van der Waals surface area contributed by atoms with Crippen LogP contribution in [-0.4, -0.2) is 27.9 Å². The van der Waals surface area contributed by atoms with Crippen LogP contribution in [0.15, 0.2) is 34.9 Å². The molecule has 1 aromatic heterocycles. The second-order valence-electron chi connectivity index (χ2n) is 8.37. The third-order valence-electron chi connectivity index (χ3n) is 6.24. The van der Waals surface area contributed by atoms with E-state index in [9.17, 15) is 14.0 Å². The number of carbonyl (C=O) groups excluding carboxylic acids is 2. The molecule has 2 saturated carbocycles. The average Bonchev–Trinajstić information content (AvgIpc) is 3.53. The zero-order chi connectivity index (χ0) is 20.9. The van der Waals surface area contributed by atoms with Crippen molar-refractivity contribution in [2.45, 2.75) is 70.5 Å². The highest BCUT2D eigenvalue weighted by molar-refractivity contribution is 5.92. The maximum atomic E-state index is 13.1. The molecule has 0 radical (unpaired) electrons. The molecule has 2 fully saturated rings. The van der Waals surface area contributed by atoms with Crippen molar-refractivity contribution in [2.75, 3.05) is 0 Å². The Labute approximate surface area is 175 Å². The standard InChI is InChI=1S/C23H28FN3O3/c24-18-11-9-16(10-12-18)14-25-22(28)21-13-20(30-26-21)15-27(19-7-3-4-8-19)23(29)17-5-1-2-6-17/h9-13,17,19H,1-8,14-15H2,(H,25,28). The van der Waals surface area contributed by atoms with Crippen molar-refractivity contribution in [3.05, 3.63) is 53.2 Å². The fourth-order valence-corrected chi connectivity index (χ4v) is 4.55. The molecule has 0 saturated heterocycles. The molecular formula is C23H28FN3O3. The molecule has 0 spiro atoms. The van der Waals surface area contributed by atoms with Crippen molar-refractivity contribution in [2.24, 2.45) is 5.92 Å². The van der Waals surface area contributed by atoms with Crippen molar-refractivity contribution in [3.63, 3.8) is 0 Å². The predicted molar refractivity (Wildman–Crippen MR) is 109 cm³/mol. The van der Waals surface area contributed by atoms with Gasteiger partial charge in [-0.3, -0.25) is 9.59 Å². The molecular weight excluding hydrogens is 385 g/mol. The Morgan fingerprint density at radius 2 is 1.73 bits per heavy atom. The Morgan fingerprint density at radius 3 is 2.43 bits per heavy atom. The summed E-state index contributed by atoms with van der Waals surface area (Å²) >= 11 is 0. The quantitative estimate of drug-likeness (QED) is 0.738. The van der Waals surface area contributed by atoms with E-state index in [1.807, 2.05) is 4.90 Å². The molecule has 4 rings (SSSR count). The molecule has 0 unspecified atom stereocenters. The van der Waals surface area contributed by atoms with Gasteiger partial charge >= 0.3 is 0 Å². The molecule has 1 heterocycles. The molecule has 2 aliphatic carbocycles. The Balaban J connectivity index is 1.38. The lowest BCUT2D eigenvalue weighted by atomic mass is 10.0. The molecule has 160 valence electrons. The van der Waals surface area contributed by atoms with E-state index >= 15 is 0 Å². The largest absolute Gasteiger partial charge is 0.359 e. The molecule has 0 aliphatic heterocycles. The summed E-state index contributed by atoms with van der Waals surface area (Å²) in [5.41, 5.74) is 0.981. The van der Waals surface area contributed by atoms with Crippen molar-refractivity contribution in [1.82, 2.24) is 15.4 Å². The molecule has 30 heavy (non-hydrogen) atoms. The zero-order valence-electron chi connectivity index (χ0n) is 17.1. The first-order valence-electron chi connectivity index (χ1n) is 10.9. The lowest BCUT2D eigenvalue weighted by Gasteiger charge is -2.30. The van der Waals surface area contributed by atoms with E-state index in [1.165, 1.54) is 12.1 Å². The van der Waals surface area contributed by atoms with Gasteiger partial charge in [0, 0.05) is 24.6 Å². The van der Waals surface area contributed by atoms with Crippen LogP contribution in [0.5, 0.6) is 0 Å². The van der Waals surface area contributed by atoms with Gasteiger partial charge in [-0.25, -0.2) is 4.39 Å². The van der Waals surface area contributed by atoms with E-state index < -0.39 is 0 Å². The number of nitrogens with one attached hydrogen (secondary N) is 1. The van der Waals surface area contributed by atoms with E-state index in [4.69, 9.17) is 4.52 Å². The number of amides is 2. The highest BCUT2D eigenvalue weighted by Gasteiger charge is 2.33. The SMILES string of the molecule is O=C(NCc1ccc(F)cc1)c1cc(CN(C(=O)C2CCCC2)C2CCCC2)on1. The van der Waals surface area contributed by atoms with Crippen LogP contribution in [0, 0.1) is 11.7 Å². The van der Waals surface area contributed by atoms with Crippen LogP contribution in [0.3, 0.4) is 0 Å². The van der Waals surface area contributed by atoms with Crippen LogP contribution in [0.1, 0.15) is 73.2 Å². The van der Waals surface area contributed by atoms with E-state index in [0.29, 0.717) is 12.3 Å². The first kappa shape index (κ1) is 20.6. The van der Waals surface area contributed by atoms with Crippen LogP contribution in [-0.2, 0) is 17.9 Å². The smallest absolute Gasteiger partial charge is 0.273 e. The van der Waals surface area contributed by atoms with Gasteiger partial charge in [0.1, 0.15) is 5.82 Å². The number of rotatable bonds is 7. The summed E-state index contributed by atoms with van der Waals surface area (Å²) < 4.78 is 18.4. The van der Waals surface area contributed by atoms with Gasteiger partial charge in [-0.2, -0.15) is 0 Å². The van der Waals surface area contributed by atoms with Crippen LogP contribution in [0.2, 0.25) is 0 Å². The summed E-state index contributed by atoms with van der Waals surface area (Å²) in [6.45, 7) is 0.633. The Morgan fingerprint density at radius 1 is 1.07 bits per heavy atom. The van der Waals surface area contributed by atoms with E-state index in [1.54, 1.807) is 18.2 Å². The minimum atomic E-state index is -0.358. The predicted octanol–water partition coefficient (Wildman–Crippen LogP) is 4.21. The molecule has 2 aliphatic rings. The second kappa shape index (κ2) is 9.41. The van der Waals surface area contributed by atoms with Crippen molar-refractivity contribution in [1.29, 1.82) is 0 Å². The number of carbonyl (C=O) groups is 2. The maximum Gasteiger partial charge on any atom is 0.273 e. The van der Waals surface area contributed by atoms with Gasteiger partial charge < -0.3 is 14.7 Å². The first-order valence-corrected chi connectivity index (χ1v) is 10.9. The lowest BCUT2D eigenvalue weighted by Crippen LogP contribution is -2.41. The number of nitrogens with zero attached hydrogens (tertiary/aromatic N) is 2. The zero-order valence-corrected chi connectivity index (χ0v) is 17.1. The van der Waals surface area contributed by atoms with Crippen molar-refractivity contribution in [3.8, 4) is 0 Å². The lowest BCUT2D eigenvalue weighted by molar-refractivity contribution is -0.138. The first-order chi connectivity index (χ1) is 14.6. The average molecular weight is 413 g/mol. The fourth-order valence-electron chi connectivity index (χ4n) is 4.55. The minimum Gasteiger partial charge on any atom is -0.359 e. The maximum absolute atomic E-state index is 13.1. The molecule has 2 aromatic rings. The summed E-state index contributed by atoms with van der Waals surface area (Å²) in [4.78, 5) is 27.5. The number of aromatic nitrogens is 1. The molecule has 2 amide bonds. The highest BCUT2D eigenvalue weighted by atomic mass is 19.1. The molecule has 0 bridgehead atoms. The topological polar surface area (TPSA) is 75.4 Å². The molecule has 1 aromatic carbocycles. The van der Waals surface area contributed by atoms with Crippen LogP contribution in [0.25, 0.3) is 0 Å². The van der Waals surface area contributed by atoms with Crippen molar-refractivity contribution < 1.29 is 18.5 Å². The van der Waals surface area contributed by atoms with Gasteiger partial charge in [0.15, 0.2) is 11.5 Å². The number of benzene rings is 1. The van der Waals surface area contributed by atoms with Gasteiger partial charge in [0.2, 0.25) is 5.91 Å². The minimum absolute atomic E-state index is 0.118. The third kappa shape index (κ3) is 4.89. The van der Waals surface area contributed by atoms with E-state index in [2.05, 4.69) is 10.5 Å². The monoisotopic (exact) mass is 413 g/mol. The van der Waals surface area contributed by atoms with E-state index in [0.717, 1.165) is 56.9 Å². The Hall–Kier alpha value is -2.70. The number of hydrogen-bond acceptors (Lipinski definition) is 4. The summed E-state index contributed by atoms with van der Waals surface area (Å²) in [5, 5.41) is 6.65. The highest BCUT2D eigenvalue weighted by Crippen LogP contribution is 2.31. The van der Waals surface area contributed by atoms with Gasteiger partial charge in [-0.1, -0.05) is 43.0 Å². The van der Waals surface area contributed by atoms with Gasteiger partial charge in [-0.15, -0.1) is 0 Å². The van der Waals surface area contributed by atoms with Crippen molar-refractivity contribution >= 4 is 11.8 Å². The fraction of sp³-hybridized carbons (Fsp3) is 0.522. The summed E-state index contributed by atoms with van der Waals surface area (Å²) in [7, 11) is 0. The second-order valence-corrected chi connectivity index (χ2v) is 8.37. The summed E-state index contributed by atoms with van der Waals surface area (Å²) in [6.07, 6.45) is 8.52. The van der Waals surface area contributed by atoms with E-state index in [-0.39, 0.29) is 41.8 Å². The summed E-state index contributed by atoms with van der Waals surface area (Å²) in [6, 6.07) is 7.82. The third-order valence-corrected chi connectivity index (χ3v) is 6.24.